The number of nitrogens with one attached hydrogen (secondary N) is 2. The third-order valence-corrected chi connectivity index (χ3v) is 4.17. The smallest absolute Gasteiger partial charge is 0.191 e. The molecular weight excluding hydrogens is 328 g/mol. The van der Waals surface area contributed by atoms with Crippen LogP contribution in [0.25, 0.3) is 0 Å². The maximum absolute atomic E-state index is 5.50. The lowest BCUT2D eigenvalue weighted by Crippen LogP contribution is -2.39. The van der Waals surface area contributed by atoms with Crippen LogP contribution in [-0.2, 0) is 13.0 Å². The van der Waals surface area contributed by atoms with Gasteiger partial charge >= 0.3 is 0 Å². The number of ether oxygens (including phenoxy) is 1. The van der Waals surface area contributed by atoms with E-state index in [9.17, 15) is 0 Å². The molecule has 1 aromatic heterocycles. The van der Waals surface area contributed by atoms with E-state index in [0.29, 0.717) is 6.54 Å². The topological polar surface area (TPSA) is 76.4 Å². The van der Waals surface area contributed by atoms with Crippen LogP contribution < -0.4 is 15.4 Å². The number of guanidine groups is 1. The molecule has 26 heavy (non-hydrogen) atoms. The van der Waals surface area contributed by atoms with Gasteiger partial charge in [-0.3, -0.25) is 4.99 Å². The molecule has 142 valence electrons. The molecule has 1 atom stereocenters. The molecule has 0 aliphatic carbocycles. The summed E-state index contributed by atoms with van der Waals surface area (Å²) < 4.78 is 7.54. The Morgan fingerprint density at radius 1 is 1.35 bits per heavy atom. The molecule has 0 fully saturated rings. The summed E-state index contributed by atoms with van der Waals surface area (Å²) in [5.41, 5.74) is 2.32. The van der Waals surface area contributed by atoms with Gasteiger partial charge in [0.1, 0.15) is 17.9 Å². The molecule has 0 aliphatic heterocycles. The monoisotopic (exact) mass is 358 g/mol. The molecule has 0 bridgehead atoms. The van der Waals surface area contributed by atoms with Gasteiger partial charge in [-0.25, -0.2) is 0 Å². The number of aliphatic imine (C=N–C) groups is 1. The van der Waals surface area contributed by atoms with E-state index in [1.165, 1.54) is 5.56 Å². The molecule has 0 radical (unpaired) electrons. The molecule has 0 saturated carbocycles. The lowest BCUT2D eigenvalue weighted by Gasteiger charge is -2.20. The van der Waals surface area contributed by atoms with Crippen LogP contribution in [0.15, 0.2) is 29.5 Å². The summed E-state index contributed by atoms with van der Waals surface area (Å²) in [6, 6.07) is 6.28. The Labute approximate surface area is 155 Å². The minimum Gasteiger partial charge on any atom is -0.496 e. The van der Waals surface area contributed by atoms with Crippen molar-refractivity contribution in [2.45, 2.75) is 46.7 Å². The molecule has 0 aliphatic rings. The van der Waals surface area contributed by atoms with E-state index in [4.69, 9.17) is 4.74 Å². The van der Waals surface area contributed by atoms with Crippen molar-refractivity contribution in [3.05, 3.63) is 41.5 Å². The first-order valence-corrected chi connectivity index (χ1v) is 9.15. The Hall–Kier alpha value is -2.57. The Morgan fingerprint density at radius 2 is 2.15 bits per heavy atom. The van der Waals surface area contributed by atoms with Gasteiger partial charge in [0, 0.05) is 25.1 Å². The highest BCUT2D eigenvalue weighted by molar-refractivity contribution is 5.80. The summed E-state index contributed by atoms with van der Waals surface area (Å²) in [7, 11) is 1.70. The van der Waals surface area contributed by atoms with E-state index in [1.54, 1.807) is 13.4 Å². The summed E-state index contributed by atoms with van der Waals surface area (Å²) in [6.07, 6.45) is 2.63. The summed E-state index contributed by atoms with van der Waals surface area (Å²) in [6.45, 7) is 10.5. The second-order valence-electron chi connectivity index (χ2n) is 6.17. The van der Waals surface area contributed by atoms with Crippen molar-refractivity contribution in [3.63, 3.8) is 0 Å². The Kier molecular flexibility index (Phi) is 7.44. The molecule has 1 unspecified atom stereocenters. The highest BCUT2D eigenvalue weighted by Crippen LogP contribution is 2.25. The average molecular weight is 358 g/mol. The van der Waals surface area contributed by atoms with Crippen LogP contribution in [0.1, 0.15) is 43.8 Å². The Balaban J connectivity index is 2.06. The minimum absolute atomic E-state index is 0.0729. The van der Waals surface area contributed by atoms with E-state index in [2.05, 4.69) is 65.7 Å². The van der Waals surface area contributed by atoms with Gasteiger partial charge in [0.05, 0.1) is 19.7 Å². The van der Waals surface area contributed by atoms with E-state index >= 15 is 0 Å². The molecule has 0 spiro atoms. The van der Waals surface area contributed by atoms with Gasteiger partial charge in [-0.05, 0) is 26.8 Å². The first-order valence-electron chi connectivity index (χ1n) is 9.15. The van der Waals surface area contributed by atoms with Crippen LogP contribution in [0.4, 0.5) is 0 Å². The maximum atomic E-state index is 5.50. The zero-order valence-corrected chi connectivity index (χ0v) is 16.4. The standard InChI is InChI=1S/C19H30N6O/c1-6-18-24-22-13-25(18)11-10-21-19(20-7-2)23-15(4)16-12-14(3)8-9-17(16)26-5/h8-9,12-13,15H,6-7,10-11H2,1-5H3,(H2,20,21,23). The second-order valence-corrected chi connectivity index (χ2v) is 6.17. The second kappa shape index (κ2) is 9.79. The maximum Gasteiger partial charge on any atom is 0.191 e. The van der Waals surface area contributed by atoms with Crippen LogP contribution in [0.5, 0.6) is 5.75 Å². The molecule has 2 N–H and O–H groups in total. The van der Waals surface area contributed by atoms with Crippen molar-refractivity contribution >= 4 is 5.96 Å². The third kappa shape index (κ3) is 5.21. The molecule has 1 aromatic carbocycles. The minimum atomic E-state index is 0.0729. The molecule has 0 amide bonds. The van der Waals surface area contributed by atoms with Gasteiger partial charge in [0.15, 0.2) is 5.96 Å². The molecule has 2 aromatic rings. The quantitative estimate of drug-likeness (QED) is 0.560. The van der Waals surface area contributed by atoms with Crippen molar-refractivity contribution < 1.29 is 4.74 Å². The zero-order valence-electron chi connectivity index (χ0n) is 16.4. The van der Waals surface area contributed by atoms with Crippen LogP contribution in [0.3, 0.4) is 0 Å². The van der Waals surface area contributed by atoms with Crippen molar-refractivity contribution in [1.29, 1.82) is 0 Å². The molecule has 7 nitrogen and oxygen atoms in total. The predicted molar refractivity (Wildman–Crippen MR) is 105 cm³/mol. The van der Waals surface area contributed by atoms with Crippen molar-refractivity contribution in [2.75, 3.05) is 20.2 Å². The highest BCUT2D eigenvalue weighted by Gasteiger charge is 2.13. The molecule has 1 heterocycles. The van der Waals surface area contributed by atoms with Gasteiger partial charge < -0.3 is 19.9 Å². The van der Waals surface area contributed by atoms with Gasteiger partial charge in [-0.15, -0.1) is 10.2 Å². The third-order valence-electron chi connectivity index (χ3n) is 4.17. The number of benzene rings is 1. The van der Waals surface area contributed by atoms with E-state index < -0.39 is 0 Å². The first kappa shape index (κ1) is 19.8. The number of methoxy groups -OCH3 is 1. The van der Waals surface area contributed by atoms with Gasteiger partial charge in [0.25, 0.3) is 0 Å². The van der Waals surface area contributed by atoms with E-state index in [-0.39, 0.29) is 6.04 Å². The number of aromatic nitrogens is 3. The Bertz CT molecular complexity index is 725. The van der Waals surface area contributed by atoms with Gasteiger partial charge in [-0.1, -0.05) is 24.6 Å². The number of hydrogen-bond acceptors (Lipinski definition) is 4. The van der Waals surface area contributed by atoms with E-state index in [1.807, 2.05) is 10.6 Å². The van der Waals surface area contributed by atoms with Crippen LogP contribution in [0, 0.1) is 6.92 Å². The summed E-state index contributed by atoms with van der Waals surface area (Å²) in [5.74, 6) is 2.65. The number of nitrogens with zero attached hydrogens (tertiary/aromatic N) is 4. The van der Waals surface area contributed by atoms with Crippen LogP contribution >= 0.6 is 0 Å². The fourth-order valence-corrected chi connectivity index (χ4v) is 2.80. The van der Waals surface area contributed by atoms with Crippen molar-refractivity contribution in [3.8, 4) is 5.75 Å². The predicted octanol–water partition coefficient (Wildman–Crippen LogP) is 2.47. The zero-order chi connectivity index (χ0) is 18.9. The fourth-order valence-electron chi connectivity index (χ4n) is 2.80. The lowest BCUT2D eigenvalue weighted by molar-refractivity contribution is 0.405. The average Bonchev–Trinajstić information content (AvgIpc) is 3.09. The fraction of sp³-hybridized carbons (Fsp3) is 0.526. The highest BCUT2D eigenvalue weighted by atomic mass is 16.5. The molecular formula is C19H30N6O. The largest absolute Gasteiger partial charge is 0.496 e. The van der Waals surface area contributed by atoms with Crippen molar-refractivity contribution in [1.82, 2.24) is 25.4 Å². The first-order chi connectivity index (χ1) is 12.6. The SMILES string of the molecule is CCNC(=NCCn1cnnc1CC)NC(C)c1cc(C)ccc1OC. The van der Waals surface area contributed by atoms with Crippen LogP contribution in [-0.4, -0.2) is 40.9 Å². The summed E-state index contributed by atoms with van der Waals surface area (Å²) >= 11 is 0. The normalized spacial score (nSPS) is 12.7. The number of rotatable bonds is 8. The number of aryl methyl sites for hydroxylation is 2. The Morgan fingerprint density at radius 3 is 2.85 bits per heavy atom. The van der Waals surface area contributed by atoms with Gasteiger partial charge in [-0.2, -0.15) is 0 Å². The lowest BCUT2D eigenvalue weighted by atomic mass is 10.0. The summed E-state index contributed by atoms with van der Waals surface area (Å²) in [4.78, 5) is 4.68. The molecule has 2 rings (SSSR count). The van der Waals surface area contributed by atoms with E-state index in [0.717, 1.165) is 42.6 Å². The van der Waals surface area contributed by atoms with Gasteiger partial charge in [0.2, 0.25) is 0 Å². The number of hydrogen-bond donors (Lipinski definition) is 2. The molecule has 7 heteroatoms. The summed E-state index contributed by atoms with van der Waals surface area (Å²) in [5, 5.41) is 14.8. The van der Waals surface area contributed by atoms with Crippen LogP contribution in [0.2, 0.25) is 0 Å². The van der Waals surface area contributed by atoms with Crippen molar-refractivity contribution in [2.24, 2.45) is 4.99 Å². The molecule has 0 saturated heterocycles.